The fourth-order valence-corrected chi connectivity index (χ4v) is 1.95. The van der Waals surface area contributed by atoms with Crippen molar-refractivity contribution in [2.45, 2.75) is 60.8 Å². The highest BCUT2D eigenvalue weighted by molar-refractivity contribution is 4.90. The number of hydrogen-bond acceptors (Lipinski definition) is 0. The Hall–Kier alpha value is -0.260. The Bertz CT molecular complexity index is 176. The summed E-state index contributed by atoms with van der Waals surface area (Å²) in [7, 11) is 0. The standard InChI is InChI=1S/C14H28/c1-8-14(6,7)13(5)10-12(4)9-11(2)3/h12-13H,2,8-10H2,1,3-7H3. The second-order valence-electron chi connectivity index (χ2n) is 5.75. The molecule has 0 fully saturated rings. The predicted molar refractivity (Wildman–Crippen MR) is 66.4 cm³/mol. The highest BCUT2D eigenvalue weighted by Crippen LogP contribution is 2.35. The third kappa shape index (κ3) is 4.83. The van der Waals surface area contributed by atoms with E-state index in [9.17, 15) is 0 Å². The van der Waals surface area contributed by atoms with E-state index >= 15 is 0 Å². The molecular formula is C14H28. The van der Waals surface area contributed by atoms with Crippen LogP contribution in [0.25, 0.3) is 0 Å². The lowest BCUT2D eigenvalue weighted by molar-refractivity contribution is 0.187. The van der Waals surface area contributed by atoms with E-state index in [1.54, 1.807) is 0 Å². The Morgan fingerprint density at radius 2 is 1.79 bits per heavy atom. The first-order valence-electron chi connectivity index (χ1n) is 5.94. The maximum atomic E-state index is 3.98. The Kier molecular flexibility index (Phi) is 5.48. The van der Waals surface area contributed by atoms with Crippen LogP contribution in [0.5, 0.6) is 0 Å². The summed E-state index contributed by atoms with van der Waals surface area (Å²) in [6.07, 6.45) is 3.78. The van der Waals surface area contributed by atoms with Gasteiger partial charge in [-0.3, -0.25) is 0 Å². The summed E-state index contributed by atoms with van der Waals surface area (Å²) in [4.78, 5) is 0. The summed E-state index contributed by atoms with van der Waals surface area (Å²) in [5.74, 6) is 1.59. The van der Waals surface area contributed by atoms with Crippen molar-refractivity contribution in [2.75, 3.05) is 0 Å². The quantitative estimate of drug-likeness (QED) is 0.521. The van der Waals surface area contributed by atoms with Gasteiger partial charge >= 0.3 is 0 Å². The van der Waals surface area contributed by atoms with E-state index in [1.165, 1.54) is 24.8 Å². The Morgan fingerprint density at radius 3 is 2.14 bits per heavy atom. The highest BCUT2D eigenvalue weighted by atomic mass is 14.3. The van der Waals surface area contributed by atoms with Crippen LogP contribution in [0.15, 0.2) is 12.2 Å². The molecule has 2 atom stereocenters. The van der Waals surface area contributed by atoms with Gasteiger partial charge in [-0.25, -0.2) is 0 Å². The van der Waals surface area contributed by atoms with E-state index in [4.69, 9.17) is 0 Å². The molecule has 0 saturated heterocycles. The third-order valence-corrected chi connectivity index (χ3v) is 3.70. The molecule has 0 aromatic heterocycles. The summed E-state index contributed by atoms with van der Waals surface area (Å²) in [6, 6.07) is 0. The molecule has 0 bridgehead atoms. The molecule has 0 spiro atoms. The second-order valence-corrected chi connectivity index (χ2v) is 5.75. The Labute approximate surface area is 90.8 Å². The van der Waals surface area contributed by atoms with Gasteiger partial charge in [0.05, 0.1) is 0 Å². The minimum atomic E-state index is 0.489. The number of rotatable bonds is 6. The van der Waals surface area contributed by atoms with Crippen LogP contribution < -0.4 is 0 Å². The van der Waals surface area contributed by atoms with Gasteiger partial charge in [0.25, 0.3) is 0 Å². The van der Waals surface area contributed by atoms with Crippen molar-refractivity contribution in [3.05, 3.63) is 12.2 Å². The molecule has 0 radical (unpaired) electrons. The van der Waals surface area contributed by atoms with E-state index in [0.29, 0.717) is 5.41 Å². The van der Waals surface area contributed by atoms with Crippen LogP contribution in [0, 0.1) is 17.3 Å². The molecule has 14 heavy (non-hydrogen) atoms. The molecule has 0 aliphatic carbocycles. The average molecular weight is 196 g/mol. The van der Waals surface area contributed by atoms with Gasteiger partial charge in [-0.15, -0.1) is 6.58 Å². The molecule has 0 amide bonds. The Morgan fingerprint density at radius 1 is 1.29 bits per heavy atom. The van der Waals surface area contributed by atoms with Gasteiger partial charge in [0.1, 0.15) is 0 Å². The predicted octanol–water partition coefficient (Wildman–Crippen LogP) is 5.05. The lowest BCUT2D eigenvalue weighted by atomic mass is 9.73. The molecule has 0 saturated carbocycles. The molecule has 84 valence electrons. The zero-order valence-electron chi connectivity index (χ0n) is 11.0. The normalized spacial score (nSPS) is 16.4. The molecule has 0 aliphatic heterocycles. The van der Waals surface area contributed by atoms with Crippen molar-refractivity contribution < 1.29 is 0 Å². The fourth-order valence-electron chi connectivity index (χ4n) is 1.95. The van der Waals surface area contributed by atoms with Gasteiger partial charge in [-0.2, -0.15) is 0 Å². The lowest BCUT2D eigenvalue weighted by Gasteiger charge is -2.32. The smallest absolute Gasteiger partial charge is 0.0300 e. The lowest BCUT2D eigenvalue weighted by Crippen LogP contribution is -2.22. The molecule has 0 aromatic carbocycles. The number of allylic oxidation sites excluding steroid dienone is 1. The van der Waals surface area contributed by atoms with E-state index in [2.05, 4.69) is 48.1 Å². The molecule has 0 heterocycles. The first-order valence-corrected chi connectivity index (χ1v) is 5.94. The van der Waals surface area contributed by atoms with Crippen molar-refractivity contribution in [3.8, 4) is 0 Å². The molecule has 2 unspecified atom stereocenters. The van der Waals surface area contributed by atoms with E-state index in [1.807, 2.05) is 0 Å². The summed E-state index contributed by atoms with van der Waals surface area (Å²) in [5.41, 5.74) is 1.81. The maximum absolute atomic E-state index is 3.98. The third-order valence-electron chi connectivity index (χ3n) is 3.70. The van der Waals surface area contributed by atoms with Gasteiger partial charge in [0.2, 0.25) is 0 Å². The van der Waals surface area contributed by atoms with Gasteiger partial charge < -0.3 is 0 Å². The van der Waals surface area contributed by atoms with E-state index in [-0.39, 0.29) is 0 Å². The first kappa shape index (κ1) is 13.7. The van der Waals surface area contributed by atoms with E-state index in [0.717, 1.165) is 11.8 Å². The monoisotopic (exact) mass is 196 g/mol. The maximum Gasteiger partial charge on any atom is -0.0300 e. The minimum absolute atomic E-state index is 0.489. The van der Waals surface area contributed by atoms with Crippen molar-refractivity contribution in [1.82, 2.24) is 0 Å². The van der Waals surface area contributed by atoms with Gasteiger partial charge in [0, 0.05) is 0 Å². The summed E-state index contributed by atoms with van der Waals surface area (Å²) in [5, 5.41) is 0. The molecular weight excluding hydrogens is 168 g/mol. The van der Waals surface area contributed by atoms with Crippen LogP contribution in [0.2, 0.25) is 0 Å². The van der Waals surface area contributed by atoms with Crippen LogP contribution in [0.4, 0.5) is 0 Å². The van der Waals surface area contributed by atoms with Crippen molar-refractivity contribution >= 4 is 0 Å². The summed E-state index contributed by atoms with van der Waals surface area (Å²) in [6.45, 7) is 17.9. The number of hydrogen-bond donors (Lipinski definition) is 0. The topological polar surface area (TPSA) is 0 Å². The van der Waals surface area contributed by atoms with Crippen LogP contribution in [-0.4, -0.2) is 0 Å². The second kappa shape index (κ2) is 5.58. The minimum Gasteiger partial charge on any atom is -0.100 e. The Balaban J connectivity index is 4.05. The zero-order valence-corrected chi connectivity index (χ0v) is 11.0. The molecule has 0 aliphatic rings. The summed E-state index contributed by atoms with van der Waals surface area (Å²) >= 11 is 0. The SMILES string of the molecule is C=C(C)CC(C)CC(C)C(C)(C)CC. The van der Waals surface area contributed by atoms with Gasteiger partial charge in [-0.05, 0) is 37.0 Å². The average Bonchev–Trinajstić information content (AvgIpc) is 2.02. The molecule has 0 N–H and O–H groups in total. The van der Waals surface area contributed by atoms with Crippen LogP contribution in [-0.2, 0) is 0 Å². The van der Waals surface area contributed by atoms with Crippen molar-refractivity contribution in [1.29, 1.82) is 0 Å². The summed E-state index contributed by atoms with van der Waals surface area (Å²) < 4.78 is 0. The van der Waals surface area contributed by atoms with Crippen LogP contribution in [0.3, 0.4) is 0 Å². The van der Waals surface area contributed by atoms with E-state index < -0.39 is 0 Å². The van der Waals surface area contributed by atoms with Gasteiger partial charge in [0.15, 0.2) is 0 Å². The van der Waals surface area contributed by atoms with Gasteiger partial charge in [-0.1, -0.05) is 46.6 Å². The van der Waals surface area contributed by atoms with Crippen LogP contribution in [0.1, 0.15) is 60.8 Å². The van der Waals surface area contributed by atoms with Crippen molar-refractivity contribution in [2.24, 2.45) is 17.3 Å². The molecule has 0 rings (SSSR count). The molecule has 0 nitrogen and oxygen atoms in total. The van der Waals surface area contributed by atoms with Crippen molar-refractivity contribution in [3.63, 3.8) is 0 Å². The molecule has 0 aromatic rings. The first-order chi connectivity index (χ1) is 6.29. The fraction of sp³-hybridized carbons (Fsp3) is 0.857. The molecule has 0 heteroatoms. The highest BCUT2D eigenvalue weighted by Gasteiger charge is 2.24. The largest absolute Gasteiger partial charge is 0.100 e. The van der Waals surface area contributed by atoms with Crippen LogP contribution >= 0.6 is 0 Å². The zero-order chi connectivity index (χ0) is 11.4.